The molecule has 0 fully saturated rings. The fourth-order valence-electron chi connectivity index (χ4n) is 1.73. The maximum absolute atomic E-state index is 6.34. The van der Waals surface area contributed by atoms with E-state index in [0.29, 0.717) is 6.04 Å². The van der Waals surface area contributed by atoms with Crippen molar-refractivity contribution in [1.29, 1.82) is 0 Å². The predicted octanol–water partition coefficient (Wildman–Crippen LogP) is 4.06. The number of halogens is 1. The van der Waals surface area contributed by atoms with Gasteiger partial charge in [0, 0.05) is 28.4 Å². The lowest BCUT2D eigenvalue weighted by Crippen LogP contribution is -2.22. The molecule has 2 rings (SSSR count). The quantitative estimate of drug-likeness (QED) is 0.896. The van der Waals surface area contributed by atoms with Crippen LogP contribution in [0.2, 0.25) is 5.02 Å². The summed E-state index contributed by atoms with van der Waals surface area (Å²) in [7, 11) is 0. The Balaban J connectivity index is 2.20. The summed E-state index contributed by atoms with van der Waals surface area (Å²) in [6.07, 6.45) is 2.89. The number of thiophene rings is 1. The Labute approximate surface area is 115 Å². The molecule has 1 N–H and O–H groups in total. The number of aryl methyl sites for hydroxylation is 1. The molecular formula is C12H15ClN2S2. The summed E-state index contributed by atoms with van der Waals surface area (Å²) in [6.45, 7) is 5.11. The van der Waals surface area contributed by atoms with Crippen LogP contribution in [-0.4, -0.2) is 11.5 Å². The molecule has 17 heavy (non-hydrogen) atoms. The molecule has 0 saturated carbocycles. The third kappa shape index (κ3) is 3.07. The number of nitrogens with zero attached hydrogens (tertiary/aromatic N) is 1. The Morgan fingerprint density at radius 2 is 2.29 bits per heavy atom. The van der Waals surface area contributed by atoms with E-state index in [-0.39, 0.29) is 0 Å². The third-order valence-electron chi connectivity index (χ3n) is 2.58. The van der Waals surface area contributed by atoms with Crippen molar-refractivity contribution in [1.82, 2.24) is 10.3 Å². The standard InChI is InChI=1S/C12H15ClN2S2/c1-3-15-10(4-9-5-14-7-17-9)12-11(13)8(2)6-16-12/h5-7,10,15H,3-4H2,1-2H3. The average Bonchev–Trinajstić information content (AvgIpc) is 2.91. The molecule has 0 saturated heterocycles. The molecule has 0 aliphatic heterocycles. The van der Waals surface area contributed by atoms with E-state index in [9.17, 15) is 0 Å². The van der Waals surface area contributed by atoms with Crippen molar-refractivity contribution in [2.75, 3.05) is 6.54 Å². The monoisotopic (exact) mass is 286 g/mol. The summed E-state index contributed by atoms with van der Waals surface area (Å²) >= 11 is 9.77. The molecule has 0 aliphatic carbocycles. The van der Waals surface area contributed by atoms with Crippen LogP contribution in [0.5, 0.6) is 0 Å². The van der Waals surface area contributed by atoms with E-state index >= 15 is 0 Å². The van der Waals surface area contributed by atoms with E-state index in [1.54, 1.807) is 22.7 Å². The van der Waals surface area contributed by atoms with Crippen LogP contribution in [0.15, 0.2) is 17.1 Å². The van der Waals surface area contributed by atoms with Gasteiger partial charge in [0.1, 0.15) is 0 Å². The van der Waals surface area contributed by atoms with Crippen molar-refractivity contribution >= 4 is 34.3 Å². The molecule has 0 radical (unpaired) electrons. The Hall–Kier alpha value is -0.420. The number of hydrogen-bond donors (Lipinski definition) is 1. The fourth-order valence-corrected chi connectivity index (χ4v) is 3.78. The van der Waals surface area contributed by atoms with E-state index < -0.39 is 0 Å². The lowest BCUT2D eigenvalue weighted by molar-refractivity contribution is 0.561. The van der Waals surface area contributed by atoms with Gasteiger partial charge in [0.15, 0.2) is 0 Å². The Morgan fingerprint density at radius 1 is 1.47 bits per heavy atom. The van der Waals surface area contributed by atoms with Crippen molar-refractivity contribution in [3.05, 3.63) is 37.4 Å². The Kier molecular flexibility index (Phi) is 4.56. The number of rotatable bonds is 5. The second-order valence-corrected chi connectivity index (χ2v) is 6.14. The lowest BCUT2D eigenvalue weighted by atomic mass is 10.1. The summed E-state index contributed by atoms with van der Waals surface area (Å²) in [4.78, 5) is 6.64. The van der Waals surface area contributed by atoms with Gasteiger partial charge >= 0.3 is 0 Å². The minimum Gasteiger partial charge on any atom is -0.309 e. The minimum absolute atomic E-state index is 0.298. The fraction of sp³-hybridized carbons (Fsp3) is 0.417. The van der Waals surface area contributed by atoms with Gasteiger partial charge in [0.25, 0.3) is 0 Å². The van der Waals surface area contributed by atoms with Crippen LogP contribution in [-0.2, 0) is 6.42 Å². The van der Waals surface area contributed by atoms with Gasteiger partial charge in [-0.2, -0.15) is 0 Å². The first-order valence-electron chi connectivity index (χ1n) is 5.56. The van der Waals surface area contributed by atoms with Crippen LogP contribution in [0, 0.1) is 6.92 Å². The smallest absolute Gasteiger partial charge is 0.0794 e. The van der Waals surface area contributed by atoms with Gasteiger partial charge in [0.05, 0.1) is 10.5 Å². The molecule has 0 aromatic carbocycles. The van der Waals surface area contributed by atoms with Crippen LogP contribution in [0.25, 0.3) is 0 Å². The van der Waals surface area contributed by atoms with Crippen LogP contribution >= 0.6 is 34.3 Å². The highest BCUT2D eigenvalue weighted by atomic mass is 35.5. The SMILES string of the molecule is CCNC(Cc1cncs1)c1scc(C)c1Cl. The zero-order valence-electron chi connectivity index (χ0n) is 9.87. The first-order chi connectivity index (χ1) is 8.22. The zero-order valence-corrected chi connectivity index (χ0v) is 12.3. The van der Waals surface area contributed by atoms with Crippen molar-refractivity contribution in [2.45, 2.75) is 26.3 Å². The zero-order chi connectivity index (χ0) is 12.3. The molecule has 0 spiro atoms. The molecule has 92 valence electrons. The van der Waals surface area contributed by atoms with E-state index in [4.69, 9.17) is 11.6 Å². The van der Waals surface area contributed by atoms with Crippen LogP contribution < -0.4 is 5.32 Å². The van der Waals surface area contributed by atoms with Crippen LogP contribution in [0.3, 0.4) is 0 Å². The molecule has 2 aromatic heterocycles. The first-order valence-corrected chi connectivity index (χ1v) is 7.70. The van der Waals surface area contributed by atoms with Gasteiger partial charge in [-0.3, -0.25) is 4.98 Å². The number of likely N-dealkylation sites (N-methyl/N-ethyl adjacent to an activating group) is 1. The van der Waals surface area contributed by atoms with Gasteiger partial charge in [0.2, 0.25) is 0 Å². The highest BCUT2D eigenvalue weighted by molar-refractivity contribution is 7.11. The summed E-state index contributed by atoms with van der Waals surface area (Å²) in [5.41, 5.74) is 3.04. The molecule has 1 unspecified atom stereocenters. The minimum atomic E-state index is 0.298. The second-order valence-electron chi connectivity index (χ2n) is 3.88. The number of aromatic nitrogens is 1. The van der Waals surface area contributed by atoms with E-state index in [2.05, 4.69) is 29.5 Å². The topological polar surface area (TPSA) is 24.9 Å². The highest BCUT2D eigenvalue weighted by Gasteiger charge is 2.18. The second kappa shape index (κ2) is 5.96. The predicted molar refractivity (Wildman–Crippen MR) is 76.3 cm³/mol. The summed E-state index contributed by atoms with van der Waals surface area (Å²) in [6, 6.07) is 0.298. The van der Waals surface area contributed by atoms with E-state index in [0.717, 1.165) is 18.0 Å². The van der Waals surface area contributed by atoms with Gasteiger partial charge in [-0.05, 0) is 24.4 Å². The maximum atomic E-state index is 6.34. The molecule has 1 atom stereocenters. The molecule has 2 aromatic rings. The van der Waals surface area contributed by atoms with Gasteiger partial charge in [-0.25, -0.2) is 0 Å². The largest absolute Gasteiger partial charge is 0.309 e. The average molecular weight is 287 g/mol. The molecule has 0 aliphatic rings. The molecule has 0 amide bonds. The van der Waals surface area contributed by atoms with Gasteiger partial charge in [-0.15, -0.1) is 22.7 Å². The molecule has 0 bridgehead atoms. The van der Waals surface area contributed by atoms with Crippen LogP contribution in [0.4, 0.5) is 0 Å². The number of hydrogen-bond acceptors (Lipinski definition) is 4. The summed E-state index contributed by atoms with van der Waals surface area (Å²) < 4.78 is 0. The van der Waals surface area contributed by atoms with Crippen molar-refractivity contribution in [3.8, 4) is 0 Å². The summed E-state index contributed by atoms with van der Waals surface area (Å²) in [5, 5.41) is 6.52. The van der Waals surface area contributed by atoms with E-state index in [1.165, 1.54) is 15.3 Å². The third-order valence-corrected chi connectivity index (χ3v) is 5.21. The van der Waals surface area contributed by atoms with Crippen molar-refractivity contribution < 1.29 is 0 Å². The molecule has 2 heterocycles. The Bertz CT molecular complexity index is 465. The van der Waals surface area contributed by atoms with Gasteiger partial charge < -0.3 is 5.32 Å². The van der Waals surface area contributed by atoms with Crippen molar-refractivity contribution in [3.63, 3.8) is 0 Å². The lowest BCUT2D eigenvalue weighted by Gasteiger charge is -2.16. The Morgan fingerprint density at radius 3 is 2.82 bits per heavy atom. The summed E-state index contributed by atoms with van der Waals surface area (Å²) in [5.74, 6) is 0. The molecular weight excluding hydrogens is 272 g/mol. The normalized spacial score (nSPS) is 12.9. The van der Waals surface area contributed by atoms with Crippen molar-refractivity contribution in [2.24, 2.45) is 0 Å². The number of nitrogens with one attached hydrogen (secondary N) is 1. The van der Waals surface area contributed by atoms with Crippen LogP contribution in [0.1, 0.15) is 28.3 Å². The van der Waals surface area contributed by atoms with Gasteiger partial charge in [-0.1, -0.05) is 18.5 Å². The first kappa shape index (κ1) is 13.0. The number of thiazole rings is 1. The molecule has 2 nitrogen and oxygen atoms in total. The van der Waals surface area contributed by atoms with E-state index in [1.807, 2.05) is 11.7 Å². The maximum Gasteiger partial charge on any atom is 0.0794 e. The highest BCUT2D eigenvalue weighted by Crippen LogP contribution is 2.34. The molecule has 5 heteroatoms.